The van der Waals surface area contributed by atoms with E-state index < -0.39 is 34.6 Å². The van der Waals surface area contributed by atoms with Gasteiger partial charge in [-0.3, -0.25) is 13.8 Å². The highest BCUT2D eigenvalue weighted by molar-refractivity contribution is 7.84. The maximum absolute atomic E-state index is 13.1. The van der Waals surface area contributed by atoms with Crippen LogP contribution >= 0.6 is 0 Å². The second-order valence-electron chi connectivity index (χ2n) is 17.0. The van der Waals surface area contributed by atoms with Gasteiger partial charge in [0.1, 0.15) is 11.5 Å². The number of aliphatic carboxylic acids is 2. The number of carboxylic acid groups (broad SMARTS) is 2. The molecule has 2 atom stereocenters. The lowest BCUT2D eigenvalue weighted by Gasteiger charge is -2.28. The molecule has 0 saturated carbocycles. The molecule has 2 rings (SSSR count). The van der Waals surface area contributed by atoms with Gasteiger partial charge in [-0.15, -0.1) is 0 Å². The number of rotatable bonds is 12. The van der Waals surface area contributed by atoms with Gasteiger partial charge in [-0.25, -0.2) is 0 Å². The smallest absolute Gasteiger partial charge is 0.306 e. The molecular formula is C38H58O7S. The van der Waals surface area contributed by atoms with Crippen molar-refractivity contribution >= 4 is 22.7 Å². The average molecular weight is 659 g/mol. The molecule has 2 aromatic carbocycles. The molecule has 4 N–H and O–H groups in total. The average Bonchev–Trinajstić information content (AvgIpc) is 2.87. The Morgan fingerprint density at radius 3 is 1.00 bits per heavy atom. The van der Waals surface area contributed by atoms with Gasteiger partial charge >= 0.3 is 11.9 Å². The van der Waals surface area contributed by atoms with Crippen LogP contribution in [0.2, 0.25) is 0 Å². The predicted molar refractivity (Wildman–Crippen MR) is 188 cm³/mol. The van der Waals surface area contributed by atoms with Crippen LogP contribution in [-0.2, 0) is 54.9 Å². The van der Waals surface area contributed by atoms with E-state index in [1.807, 2.05) is 107 Å². The lowest BCUT2D eigenvalue weighted by Crippen LogP contribution is -2.23. The first kappa shape index (κ1) is 39.3. The van der Waals surface area contributed by atoms with Gasteiger partial charge < -0.3 is 20.4 Å². The van der Waals surface area contributed by atoms with E-state index in [0.29, 0.717) is 0 Å². The fraction of sp³-hybridized carbons (Fsp3) is 0.632. The van der Waals surface area contributed by atoms with Crippen LogP contribution in [0.3, 0.4) is 0 Å². The summed E-state index contributed by atoms with van der Waals surface area (Å²) in [6.45, 7) is 24.1. The fourth-order valence-corrected chi connectivity index (χ4v) is 7.05. The van der Waals surface area contributed by atoms with Gasteiger partial charge in [0.05, 0.1) is 11.8 Å². The van der Waals surface area contributed by atoms with Crippen molar-refractivity contribution in [1.29, 1.82) is 0 Å². The van der Waals surface area contributed by atoms with Crippen molar-refractivity contribution in [3.8, 4) is 11.5 Å². The molecule has 0 fully saturated rings. The monoisotopic (exact) mass is 658 g/mol. The summed E-state index contributed by atoms with van der Waals surface area (Å²) in [5.41, 5.74) is 3.31. The number of benzene rings is 2. The summed E-state index contributed by atoms with van der Waals surface area (Å²) in [6, 6.07) is 7.53. The fourth-order valence-electron chi connectivity index (χ4n) is 5.76. The number of hydrogen-bond donors (Lipinski definition) is 4. The summed E-state index contributed by atoms with van der Waals surface area (Å²) in [6.07, 6.45) is 0.865. The highest BCUT2D eigenvalue weighted by atomic mass is 32.2. The number of hydrogen-bond acceptors (Lipinski definition) is 5. The molecule has 0 aliphatic carbocycles. The van der Waals surface area contributed by atoms with Gasteiger partial charge in [0.2, 0.25) is 0 Å². The Kier molecular flexibility index (Phi) is 12.4. The van der Waals surface area contributed by atoms with Crippen LogP contribution in [0.15, 0.2) is 24.3 Å². The Balaban J connectivity index is 2.20. The van der Waals surface area contributed by atoms with Crippen LogP contribution in [0.1, 0.15) is 129 Å². The molecule has 0 radical (unpaired) electrons. The highest BCUT2D eigenvalue weighted by Crippen LogP contribution is 2.41. The summed E-state index contributed by atoms with van der Waals surface area (Å²) in [5.74, 6) is -2.70. The molecule has 2 aromatic rings. The molecule has 0 saturated heterocycles. The molecule has 2 unspecified atom stereocenters. The van der Waals surface area contributed by atoms with Crippen LogP contribution in [-0.4, -0.2) is 48.1 Å². The number of carboxylic acids is 2. The largest absolute Gasteiger partial charge is 0.507 e. The molecule has 0 bridgehead atoms. The minimum atomic E-state index is -1.40. The highest BCUT2D eigenvalue weighted by Gasteiger charge is 2.30. The second kappa shape index (κ2) is 14.5. The lowest BCUT2D eigenvalue weighted by atomic mass is 9.77. The third kappa shape index (κ3) is 10.6. The number of aromatic hydroxyl groups is 2. The summed E-state index contributed by atoms with van der Waals surface area (Å²) in [5, 5.41) is 42.2. The first-order valence-corrected chi connectivity index (χ1v) is 17.8. The van der Waals surface area contributed by atoms with E-state index in [1.54, 1.807) is 0 Å². The van der Waals surface area contributed by atoms with Crippen molar-refractivity contribution in [2.45, 2.75) is 130 Å². The van der Waals surface area contributed by atoms with E-state index in [2.05, 4.69) is 0 Å². The Labute approximate surface area is 279 Å². The molecule has 0 heterocycles. The maximum atomic E-state index is 13.1. The summed E-state index contributed by atoms with van der Waals surface area (Å²) in [7, 11) is -1.40. The second-order valence-corrected chi connectivity index (χ2v) is 18.7. The quantitative estimate of drug-likeness (QED) is 0.182. The van der Waals surface area contributed by atoms with Gasteiger partial charge in [0.15, 0.2) is 0 Å². The van der Waals surface area contributed by atoms with E-state index in [9.17, 15) is 34.2 Å². The Bertz CT molecular complexity index is 1250. The molecule has 8 heteroatoms. The first-order valence-electron chi connectivity index (χ1n) is 16.3. The van der Waals surface area contributed by atoms with Crippen molar-refractivity contribution in [3.63, 3.8) is 0 Å². The SMILES string of the molecule is CC(C)(C)c1cc(CC(CCS(=O)CCC(Cc2cc(C(C)(C)C)c(O)c(C(C)(C)C)c2)C(=O)O)C(=O)O)cc(C(C)(C)C)c1O. The van der Waals surface area contributed by atoms with Crippen molar-refractivity contribution in [2.75, 3.05) is 11.5 Å². The molecule has 46 heavy (non-hydrogen) atoms. The zero-order valence-corrected chi connectivity index (χ0v) is 30.9. The Hall–Kier alpha value is -2.87. The molecule has 258 valence electrons. The zero-order chi connectivity index (χ0) is 35.6. The third-order valence-electron chi connectivity index (χ3n) is 8.62. The van der Waals surface area contributed by atoms with Gasteiger partial charge in [-0.2, -0.15) is 0 Å². The predicted octanol–water partition coefficient (Wildman–Crippen LogP) is 8.00. The Morgan fingerprint density at radius 1 is 0.565 bits per heavy atom. The van der Waals surface area contributed by atoms with E-state index in [1.165, 1.54) is 0 Å². The maximum Gasteiger partial charge on any atom is 0.306 e. The first-order chi connectivity index (χ1) is 20.7. The summed E-state index contributed by atoms with van der Waals surface area (Å²) in [4.78, 5) is 24.6. The van der Waals surface area contributed by atoms with E-state index in [-0.39, 0.29) is 70.3 Å². The van der Waals surface area contributed by atoms with Crippen LogP contribution in [0.5, 0.6) is 11.5 Å². The van der Waals surface area contributed by atoms with Gasteiger partial charge in [0, 0.05) is 22.3 Å². The normalized spacial score (nSPS) is 15.0. The van der Waals surface area contributed by atoms with Gasteiger partial charge in [-0.05, 0) is 80.7 Å². The van der Waals surface area contributed by atoms with Gasteiger partial charge in [-0.1, -0.05) is 107 Å². The molecular weight excluding hydrogens is 600 g/mol. The van der Waals surface area contributed by atoms with E-state index in [4.69, 9.17) is 0 Å². The molecule has 7 nitrogen and oxygen atoms in total. The van der Waals surface area contributed by atoms with E-state index >= 15 is 0 Å². The van der Waals surface area contributed by atoms with Crippen molar-refractivity contribution in [1.82, 2.24) is 0 Å². The van der Waals surface area contributed by atoms with Gasteiger partial charge in [0.25, 0.3) is 0 Å². The summed E-state index contributed by atoms with van der Waals surface area (Å²) < 4.78 is 13.1. The molecule has 0 aliphatic rings. The Morgan fingerprint density at radius 2 is 0.804 bits per heavy atom. The minimum absolute atomic E-state index is 0.154. The van der Waals surface area contributed by atoms with Crippen LogP contribution in [0.25, 0.3) is 0 Å². The standard InChI is InChI=1S/C38H58O7S/c1-35(2,3)27-19-23(20-28(31(27)39)36(4,5)6)17-25(33(41)42)13-15-46(45)16-14-26(34(43)44)18-24-21-29(37(7,8)9)32(40)30(22-24)38(10,11)12/h19-22,25-26,39-40H,13-18H2,1-12H3,(H,41,42)(H,43,44). The molecule has 0 amide bonds. The number of phenolic OH excluding ortho intramolecular Hbond substituents is 2. The molecule has 0 spiro atoms. The zero-order valence-electron chi connectivity index (χ0n) is 30.1. The van der Waals surface area contributed by atoms with E-state index in [0.717, 1.165) is 33.4 Å². The number of carbonyl (C=O) groups is 2. The van der Waals surface area contributed by atoms with Crippen LogP contribution < -0.4 is 0 Å². The summed E-state index contributed by atoms with van der Waals surface area (Å²) >= 11 is 0. The minimum Gasteiger partial charge on any atom is -0.507 e. The van der Waals surface area contributed by atoms with Crippen molar-refractivity contribution in [3.05, 3.63) is 57.6 Å². The third-order valence-corrected chi connectivity index (χ3v) is 10.0. The van der Waals surface area contributed by atoms with Crippen LogP contribution in [0.4, 0.5) is 0 Å². The van der Waals surface area contributed by atoms with Crippen molar-refractivity contribution < 1.29 is 34.2 Å². The molecule has 0 aromatic heterocycles. The molecule has 0 aliphatic heterocycles. The van der Waals surface area contributed by atoms with Crippen molar-refractivity contribution in [2.24, 2.45) is 11.8 Å². The van der Waals surface area contributed by atoms with Crippen LogP contribution in [0, 0.1) is 11.8 Å². The number of phenols is 2. The topological polar surface area (TPSA) is 132 Å². The lowest BCUT2D eigenvalue weighted by molar-refractivity contribution is -0.142.